The second kappa shape index (κ2) is 5.31. The van der Waals surface area contributed by atoms with Crippen molar-refractivity contribution in [3.63, 3.8) is 0 Å². The van der Waals surface area contributed by atoms with E-state index in [1.807, 2.05) is 25.1 Å². The molecule has 4 heteroatoms. The Kier molecular flexibility index (Phi) is 3.53. The van der Waals surface area contributed by atoms with E-state index in [9.17, 15) is 4.79 Å². The van der Waals surface area contributed by atoms with Crippen LogP contribution in [0.25, 0.3) is 0 Å². The Morgan fingerprint density at radius 3 is 3.05 bits per heavy atom. The standard InChI is InChI=1S/C15H20N2O2/c1-10(14-3-2-6-19-14)17-15(18)11-4-5-12-8-16-9-13(12)7-11/h4-5,7,10,14,16H,2-3,6,8-9H2,1H3,(H,17,18). The number of carbonyl (C=O) groups excluding carboxylic acids is 1. The third kappa shape index (κ3) is 2.65. The molecule has 2 N–H and O–H groups in total. The summed E-state index contributed by atoms with van der Waals surface area (Å²) in [7, 11) is 0. The van der Waals surface area contributed by atoms with E-state index in [4.69, 9.17) is 4.74 Å². The van der Waals surface area contributed by atoms with Gasteiger partial charge in [0.05, 0.1) is 12.1 Å². The zero-order chi connectivity index (χ0) is 13.2. The topological polar surface area (TPSA) is 50.4 Å². The van der Waals surface area contributed by atoms with E-state index in [-0.39, 0.29) is 18.1 Å². The first-order valence-electron chi connectivity index (χ1n) is 6.99. The van der Waals surface area contributed by atoms with Crippen LogP contribution in [-0.2, 0) is 17.8 Å². The van der Waals surface area contributed by atoms with E-state index in [0.717, 1.165) is 38.1 Å². The lowest BCUT2D eigenvalue weighted by Gasteiger charge is -2.20. The molecule has 1 aromatic rings. The predicted molar refractivity (Wildman–Crippen MR) is 72.9 cm³/mol. The van der Waals surface area contributed by atoms with E-state index in [2.05, 4.69) is 10.6 Å². The van der Waals surface area contributed by atoms with Gasteiger partial charge in [0.15, 0.2) is 0 Å². The van der Waals surface area contributed by atoms with Gasteiger partial charge in [-0.15, -0.1) is 0 Å². The average molecular weight is 260 g/mol. The molecule has 1 fully saturated rings. The van der Waals surface area contributed by atoms with E-state index in [1.165, 1.54) is 11.1 Å². The first kappa shape index (κ1) is 12.6. The van der Waals surface area contributed by atoms with Crippen molar-refractivity contribution in [3.05, 3.63) is 34.9 Å². The van der Waals surface area contributed by atoms with Crippen LogP contribution in [0.3, 0.4) is 0 Å². The number of amides is 1. The monoisotopic (exact) mass is 260 g/mol. The highest BCUT2D eigenvalue weighted by Crippen LogP contribution is 2.18. The van der Waals surface area contributed by atoms with Crippen molar-refractivity contribution in [1.82, 2.24) is 10.6 Å². The molecule has 2 aliphatic heterocycles. The summed E-state index contributed by atoms with van der Waals surface area (Å²) in [5.74, 6) is -0.00213. The predicted octanol–water partition coefficient (Wildman–Crippen LogP) is 1.59. The summed E-state index contributed by atoms with van der Waals surface area (Å²) in [5, 5.41) is 6.33. The lowest BCUT2D eigenvalue weighted by molar-refractivity contribution is 0.0712. The maximum atomic E-state index is 12.2. The maximum Gasteiger partial charge on any atom is 0.251 e. The fourth-order valence-corrected chi connectivity index (χ4v) is 2.82. The highest BCUT2D eigenvalue weighted by Gasteiger charge is 2.24. The van der Waals surface area contributed by atoms with Gasteiger partial charge in [0.25, 0.3) is 5.91 Å². The van der Waals surface area contributed by atoms with Crippen LogP contribution < -0.4 is 10.6 Å². The molecule has 0 spiro atoms. The number of hydrogen-bond acceptors (Lipinski definition) is 3. The second-order valence-electron chi connectivity index (χ2n) is 5.40. The number of ether oxygens (including phenoxy) is 1. The van der Waals surface area contributed by atoms with Crippen LogP contribution in [0.5, 0.6) is 0 Å². The lowest BCUT2D eigenvalue weighted by atomic mass is 10.0. The molecule has 19 heavy (non-hydrogen) atoms. The molecule has 1 aromatic carbocycles. The van der Waals surface area contributed by atoms with Gasteiger partial charge in [0.2, 0.25) is 0 Å². The Morgan fingerprint density at radius 1 is 1.42 bits per heavy atom. The summed E-state index contributed by atoms with van der Waals surface area (Å²) in [5.41, 5.74) is 3.27. The summed E-state index contributed by atoms with van der Waals surface area (Å²) in [6.45, 7) is 4.60. The SMILES string of the molecule is CC(NC(=O)c1ccc2c(c1)CNC2)C1CCCO1. The molecule has 102 valence electrons. The molecule has 2 aliphatic rings. The molecule has 1 saturated heterocycles. The minimum absolute atomic E-state index is 0.00213. The first-order valence-corrected chi connectivity index (χ1v) is 6.99. The van der Waals surface area contributed by atoms with Crippen LogP contribution in [0.2, 0.25) is 0 Å². The van der Waals surface area contributed by atoms with Gasteiger partial charge in [-0.3, -0.25) is 4.79 Å². The van der Waals surface area contributed by atoms with E-state index in [1.54, 1.807) is 0 Å². The smallest absolute Gasteiger partial charge is 0.251 e. The Balaban J connectivity index is 1.66. The highest BCUT2D eigenvalue weighted by atomic mass is 16.5. The first-order chi connectivity index (χ1) is 9.24. The van der Waals surface area contributed by atoms with Crippen molar-refractivity contribution >= 4 is 5.91 Å². The van der Waals surface area contributed by atoms with Crippen molar-refractivity contribution in [1.29, 1.82) is 0 Å². The highest BCUT2D eigenvalue weighted by molar-refractivity contribution is 5.94. The van der Waals surface area contributed by atoms with Gasteiger partial charge in [0.1, 0.15) is 0 Å². The summed E-state index contributed by atoms with van der Waals surface area (Å²) in [6, 6.07) is 6.01. The van der Waals surface area contributed by atoms with Crippen molar-refractivity contribution < 1.29 is 9.53 Å². The molecule has 2 atom stereocenters. The van der Waals surface area contributed by atoms with Gasteiger partial charge < -0.3 is 15.4 Å². The maximum absolute atomic E-state index is 12.2. The van der Waals surface area contributed by atoms with Gasteiger partial charge in [0, 0.05) is 25.3 Å². The lowest BCUT2D eigenvalue weighted by Crippen LogP contribution is -2.40. The largest absolute Gasteiger partial charge is 0.376 e. The van der Waals surface area contributed by atoms with Crippen LogP contribution in [0.1, 0.15) is 41.3 Å². The van der Waals surface area contributed by atoms with Gasteiger partial charge >= 0.3 is 0 Å². The number of fused-ring (bicyclic) bond motifs is 1. The molecule has 0 aromatic heterocycles. The van der Waals surface area contributed by atoms with Crippen LogP contribution >= 0.6 is 0 Å². The Morgan fingerprint density at radius 2 is 2.26 bits per heavy atom. The number of benzene rings is 1. The van der Waals surface area contributed by atoms with E-state index >= 15 is 0 Å². The second-order valence-corrected chi connectivity index (χ2v) is 5.40. The van der Waals surface area contributed by atoms with Crippen LogP contribution in [0.15, 0.2) is 18.2 Å². The van der Waals surface area contributed by atoms with E-state index < -0.39 is 0 Å². The molecule has 0 radical (unpaired) electrons. The fraction of sp³-hybridized carbons (Fsp3) is 0.533. The van der Waals surface area contributed by atoms with Crippen LogP contribution in [0.4, 0.5) is 0 Å². The third-order valence-corrected chi connectivity index (χ3v) is 3.98. The molecule has 0 saturated carbocycles. The molecule has 2 unspecified atom stereocenters. The summed E-state index contributed by atoms with van der Waals surface area (Å²) >= 11 is 0. The van der Waals surface area contributed by atoms with E-state index in [0.29, 0.717) is 0 Å². The molecular weight excluding hydrogens is 240 g/mol. The fourth-order valence-electron chi connectivity index (χ4n) is 2.82. The molecule has 0 bridgehead atoms. The van der Waals surface area contributed by atoms with Crippen LogP contribution in [0, 0.1) is 0 Å². The Hall–Kier alpha value is -1.39. The molecular formula is C15H20N2O2. The zero-order valence-electron chi connectivity index (χ0n) is 11.2. The third-order valence-electron chi connectivity index (χ3n) is 3.98. The summed E-state index contributed by atoms with van der Waals surface area (Å²) < 4.78 is 5.60. The molecule has 4 nitrogen and oxygen atoms in total. The van der Waals surface area contributed by atoms with Gasteiger partial charge in [-0.05, 0) is 43.0 Å². The van der Waals surface area contributed by atoms with Crippen molar-refractivity contribution in [2.24, 2.45) is 0 Å². The molecule has 0 aliphatic carbocycles. The van der Waals surface area contributed by atoms with Gasteiger partial charge in [-0.1, -0.05) is 6.07 Å². The normalized spacial score (nSPS) is 23.1. The Labute approximate surface area is 113 Å². The average Bonchev–Trinajstić information content (AvgIpc) is 3.09. The van der Waals surface area contributed by atoms with Crippen molar-refractivity contribution in [2.75, 3.05) is 6.61 Å². The minimum Gasteiger partial charge on any atom is -0.376 e. The zero-order valence-corrected chi connectivity index (χ0v) is 11.2. The number of rotatable bonds is 3. The molecule has 3 rings (SSSR count). The molecule has 2 heterocycles. The number of hydrogen-bond donors (Lipinski definition) is 2. The summed E-state index contributed by atoms with van der Waals surface area (Å²) in [4.78, 5) is 12.2. The van der Waals surface area contributed by atoms with Gasteiger partial charge in [-0.25, -0.2) is 0 Å². The van der Waals surface area contributed by atoms with Gasteiger partial charge in [-0.2, -0.15) is 0 Å². The number of nitrogens with one attached hydrogen (secondary N) is 2. The Bertz CT molecular complexity index is 481. The molecule has 1 amide bonds. The number of carbonyl (C=O) groups is 1. The van der Waals surface area contributed by atoms with Crippen LogP contribution in [-0.4, -0.2) is 24.7 Å². The minimum atomic E-state index is -0.00213. The summed E-state index contributed by atoms with van der Waals surface area (Å²) in [6.07, 6.45) is 2.30. The van der Waals surface area contributed by atoms with Crippen molar-refractivity contribution in [3.8, 4) is 0 Å². The quantitative estimate of drug-likeness (QED) is 0.867. The van der Waals surface area contributed by atoms with Crippen molar-refractivity contribution in [2.45, 2.75) is 45.0 Å².